The summed E-state index contributed by atoms with van der Waals surface area (Å²) >= 11 is 5.93. The number of aliphatic hydroxyl groups is 1. The molecule has 0 aromatic heterocycles. The number of halogens is 1. The zero-order valence-electron chi connectivity index (χ0n) is 8.86. The van der Waals surface area contributed by atoms with Gasteiger partial charge in [-0.3, -0.25) is 0 Å². The fourth-order valence-electron chi connectivity index (χ4n) is 2.03. The van der Waals surface area contributed by atoms with E-state index in [4.69, 9.17) is 16.9 Å². The predicted molar refractivity (Wildman–Crippen MR) is 63.6 cm³/mol. The fourth-order valence-corrected chi connectivity index (χ4v) is 2.20. The zero-order chi connectivity index (χ0) is 11.5. The molecule has 1 aromatic carbocycles. The van der Waals surface area contributed by atoms with Crippen molar-refractivity contribution in [3.05, 3.63) is 28.8 Å². The van der Waals surface area contributed by atoms with Crippen molar-refractivity contribution >= 4 is 17.3 Å². The summed E-state index contributed by atoms with van der Waals surface area (Å²) in [6.45, 7) is 1.45. The molecule has 1 fully saturated rings. The van der Waals surface area contributed by atoms with E-state index >= 15 is 0 Å². The number of rotatable bonds is 1. The van der Waals surface area contributed by atoms with E-state index in [1.54, 1.807) is 18.2 Å². The fraction of sp³-hybridized carbons (Fsp3) is 0.417. The third kappa shape index (κ3) is 2.29. The van der Waals surface area contributed by atoms with E-state index in [1.165, 1.54) is 0 Å². The summed E-state index contributed by atoms with van der Waals surface area (Å²) < 4.78 is 0. The van der Waals surface area contributed by atoms with Crippen LogP contribution in [0.4, 0.5) is 5.69 Å². The number of hydrogen-bond donors (Lipinski definition) is 1. The third-order valence-electron chi connectivity index (χ3n) is 2.82. The van der Waals surface area contributed by atoms with Crippen LogP contribution in [0.5, 0.6) is 0 Å². The molecule has 4 heteroatoms. The highest BCUT2D eigenvalue weighted by Gasteiger charge is 2.20. The number of benzene rings is 1. The van der Waals surface area contributed by atoms with E-state index in [0.717, 1.165) is 25.1 Å². The summed E-state index contributed by atoms with van der Waals surface area (Å²) in [7, 11) is 0. The maximum atomic E-state index is 9.62. The number of nitriles is 1. The van der Waals surface area contributed by atoms with Crippen LogP contribution in [0.1, 0.15) is 18.4 Å². The molecule has 0 aliphatic carbocycles. The van der Waals surface area contributed by atoms with E-state index in [-0.39, 0.29) is 6.10 Å². The summed E-state index contributed by atoms with van der Waals surface area (Å²) in [5.74, 6) is 0. The second-order valence-corrected chi connectivity index (χ2v) is 4.45. The van der Waals surface area contributed by atoms with Crippen LogP contribution in [0.15, 0.2) is 18.2 Å². The van der Waals surface area contributed by atoms with Gasteiger partial charge in [-0.15, -0.1) is 0 Å². The van der Waals surface area contributed by atoms with E-state index in [2.05, 4.69) is 6.07 Å². The van der Waals surface area contributed by atoms with Gasteiger partial charge in [0, 0.05) is 18.1 Å². The minimum absolute atomic E-state index is 0.306. The molecule has 0 unspecified atom stereocenters. The number of anilines is 1. The Balaban J connectivity index is 2.31. The Labute approximate surface area is 99.9 Å². The number of hydrogen-bond acceptors (Lipinski definition) is 3. The van der Waals surface area contributed by atoms with Crippen LogP contribution in [-0.4, -0.2) is 24.3 Å². The summed E-state index contributed by atoms with van der Waals surface area (Å²) in [4.78, 5) is 2.03. The van der Waals surface area contributed by atoms with Gasteiger partial charge in [-0.2, -0.15) is 5.26 Å². The molecule has 0 amide bonds. The normalized spacial score (nSPS) is 20.6. The van der Waals surface area contributed by atoms with Gasteiger partial charge in [0.25, 0.3) is 0 Å². The van der Waals surface area contributed by atoms with E-state index in [9.17, 15) is 5.11 Å². The van der Waals surface area contributed by atoms with Crippen LogP contribution in [0.25, 0.3) is 0 Å². The Bertz CT molecular complexity index is 428. The molecule has 16 heavy (non-hydrogen) atoms. The van der Waals surface area contributed by atoms with Crippen molar-refractivity contribution in [2.75, 3.05) is 18.0 Å². The summed E-state index contributed by atoms with van der Waals surface area (Å²) in [5.41, 5.74) is 1.44. The average Bonchev–Trinajstić information content (AvgIpc) is 2.29. The van der Waals surface area contributed by atoms with Gasteiger partial charge in [-0.1, -0.05) is 11.6 Å². The quantitative estimate of drug-likeness (QED) is 0.813. The van der Waals surface area contributed by atoms with Crippen LogP contribution in [0, 0.1) is 11.3 Å². The zero-order valence-corrected chi connectivity index (χ0v) is 9.61. The van der Waals surface area contributed by atoms with Gasteiger partial charge in [0.15, 0.2) is 0 Å². The summed E-state index contributed by atoms with van der Waals surface area (Å²) in [6, 6.07) is 7.38. The predicted octanol–water partition coefficient (Wildman–Crippen LogP) is 2.17. The molecule has 0 radical (unpaired) electrons. The number of nitrogens with zero attached hydrogens (tertiary/aromatic N) is 2. The number of aliphatic hydroxyl groups excluding tert-OH is 1. The molecule has 1 N–H and O–H groups in total. The highest BCUT2D eigenvalue weighted by atomic mass is 35.5. The van der Waals surface area contributed by atoms with Crippen molar-refractivity contribution in [3.63, 3.8) is 0 Å². The van der Waals surface area contributed by atoms with Crippen molar-refractivity contribution < 1.29 is 5.11 Å². The van der Waals surface area contributed by atoms with Crippen LogP contribution < -0.4 is 4.90 Å². The SMILES string of the molecule is N#Cc1ccc(Cl)cc1N1CCC[C@H](O)C1. The molecule has 1 saturated heterocycles. The maximum absolute atomic E-state index is 9.62. The topological polar surface area (TPSA) is 47.3 Å². The Kier molecular flexibility index (Phi) is 3.33. The smallest absolute Gasteiger partial charge is 0.101 e. The third-order valence-corrected chi connectivity index (χ3v) is 3.05. The van der Waals surface area contributed by atoms with Gasteiger partial charge in [0.1, 0.15) is 6.07 Å². The minimum Gasteiger partial charge on any atom is -0.391 e. The molecular formula is C12H13ClN2O. The molecule has 1 aliphatic rings. The van der Waals surface area contributed by atoms with Gasteiger partial charge >= 0.3 is 0 Å². The molecule has 1 aromatic rings. The van der Waals surface area contributed by atoms with Crippen LogP contribution in [-0.2, 0) is 0 Å². The van der Waals surface area contributed by atoms with Crippen molar-refractivity contribution in [2.45, 2.75) is 18.9 Å². The lowest BCUT2D eigenvalue weighted by molar-refractivity contribution is 0.154. The first-order chi connectivity index (χ1) is 7.70. The van der Waals surface area contributed by atoms with Crippen molar-refractivity contribution in [1.29, 1.82) is 5.26 Å². The number of piperidine rings is 1. The Morgan fingerprint density at radius 1 is 1.50 bits per heavy atom. The van der Waals surface area contributed by atoms with Gasteiger partial charge in [0.05, 0.1) is 17.4 Å². The lowest BCUT2D eigenvalue weighted by atomic mass is 10.1. The molecule has 0 saturated carbocycles. The molecular weight excluding hydrogens is 224 g/mol. The van der Waals surface area contributed by atoms with Crippen molar-refractivity contribution in [3.8, 4) is 6.07 Å². The molecule has 0 spiro atoms. The van der Waals surface area contributed by atoms with Crippen LogP contribution in [0.3, 0.4) is 0 Å². The lowest BCUT2D eigenvalue weighted by Gasteiger charge is -2.32. The lowest BCUT2D eigenvalue weighted by Crippen LogP contribution is -2.38. The Morgan fingerprint density at radius 3 is 3.00 bits per heavy atom. The second kappa shape index (κ2) is 4.73. The van der Waals surface area contributed by atoms with Crippen molar-refractivity contribution in [2.24, 2.45) is 0 Å². The Hall–Kier alpha value is -1.24. The molecule has 0 bridgehead atoms. The van der Waals surface area contributed by atoms with Gasteiger partial charge in [-0.05, 0) is 31.0 Å². The van der Waals surface area contributed by atoms with E-state index < -0.39 is 0 Å². The minimum atomic E-state index is -0.306. The molecule has 3 nitrogen and oxygen atoms in total. The molecule has 2 rings (SSSR count). The standard InChI is InChI=1S/C12H13ClN2O/c13-10-4-3-9(7-14)12(6-10)15-5-1-2-11(16)8-15/h3-4,6,11,16H,1-2,5,8H2/t11-/m0/s1. The first-order valence-electron chi connectivity index (χ1n) is 5.33. The first kappa shape index (κ1) is 11.3. The highest BCUT2D eigenvalue weighted by molar-refractivity contribution is 6.30. The van der Waals surface area contributed by atoms with E-state index in [1.807, 2.05) is 4.90 Å². The molecule has 1 aliphatic heterocycles. The average molecular weight is 237 g/mol. The highest BCUT2D eigenvalue weighted by Crippen LogP contribution is 2.27. The first-order valence-corrected chi connectivity index (χ1v) is 5.71. The second-order valence-electron chi connectivity index (χ2n) is 4.02. The van der Waals surface area contributed by atoms with Crippen molar-refractivity contribution in [1.82, 2.24) is 0 Å². The summed E-state index contributed by atoms with van der Waals surface area (Å²) in [5, 5.41) is 19.3. The van der Waals surface area contributed by atoms with Crippen LogP contribution >= 0.6 is 11.6 Å². The summed E-state index contributed by atoms with van der Waals surface area (Å²) in [6.07, 6.45) is 1.47. The molecule has 1 atom stereocenters. The van der Waals surface area contributed by atoms with E-state index in [0.29, 0.717) is 17.1 Å². The Morgan fingerprint density at radius 2 is 2.31 bits per heavy atom. The molecule has 1 heterocycles. The molecule has 84 valence electrons. The van der Waals surface area contributed by atoms with Gasteiger partial charge < -0.3 is 10.0 Å². The maximum Gasteiger partial charge on any atom is 0.101 e. The number of β-amino-alcohol motifs (C(OH)–C–C–N with tert-alkyl or cyclic N) is 1. The monoisotopic (exact) mass is 236 g/mol. The van der Waals surface area contributed by atoms with Gasteiger partial charge in [-0.25, -0.2) is 0 Å². The largest absolute Gasteiger partial charge is 0.391 e. The van der Waals surface area contributed by atoms with Crippen LogP contribution in [0.2, 0.25) is 5.02 Å². The van der Waals surface area contributed by atoms with Gasteiger partial charge in [0.2, 0.25) is 0 Å².